The summed E-state index contributed by atoms with van der Waals surface area (Å²) in [5.41, 5.74) is 1.23. The Balaban J connectivity index is 1.86. The molecule has 3 aromatic rings. The van der Waals surface area contributed by atoms with Gasteiger partial charge in [0.2, 0.25) is 0 Å². The fraction of sp³-hybridized carbons (Fsp3) is 0.235. The minimum atomic E-state index is 0.200. The number of nitrogens with zero attached hydrogens (tertiary/aromatic N) is 2. The highest BCUT2D eigenvalue weighted by Crippen LogP contribution is 2.25. The Morgan fingerprint density at radius 2 is 1.86 bits per heavy atom. The number of aryl methyl sites for hydroxylation is 1. The fourth-order valence-corrected chi connectivity index (χ4v) is 2.44. The number of methoxy groups -OCH3 is 1. The predicted molar refractivity (Wildman–Crippen MR) is 85.7 cm³/mol. The number of ether oxygens (including phenoxy) is 1. The fourth-order valence-electron chi connectivity index (χ4n) is 2.44. The van der Waals surface area contributed by atoms with Crippen LogP contribution >= 0.6 is 0 Å². The molecule has 0 saturated carbocycles. The minimum absolute atomic E-state index is 0.200. The number of nitrogens with one attached hydrogen (secondary N) is 1. The highest BCUT2D eigenvalue weighted by atomic mass is 16.5. The first kappa shape index (κ1) is 13.5. The molecule has 1 heterocycles. The molecule has 4 nitrogen and oxygen atoms in total. The Bertz CT molecular complexity index is 764. The monoisotopic (exact) mass is 281 g/mol. The van der Waals surface area contributed by atoms with Crippen LogP contribution in [0.3, 0.4) is 0 Å². The zero-order valence-electron chi connectivity index (χ0n) is 12.5. The van der Waals surface area contributed by atoms with Crippen molar-refractivity contribution in [2.45, 2.75) is 13.0 Å². The van der Waals surface area contributed by atoms with Crippen LogP contribution < -0.4 is 10.1 Å². The normalized spacial score (nSPS) is 12.3. The SMILES string of the molecule is COc1ccc2cc(C(C)Nc3ccn(C)n3)ccc2c1. The van der Waals surface area contributed by atoms with E-state index in [1.165, 1.54) is 16.3 Å². The minimum Gasteiger partial charge on any atom is -0.497 e. The van der Waals surface area contributed by atoms with Crippen LogP contribution in [0, 0.1) is 0 Å². The first-order valence-corrected chi connectivity index (χ1v) is 6.99. The van der Waals surface area contributed by atoms with Crippen LogP contribution in [-0.4, -0.2) is 16.9 Å². The molecule has 0 aliphatic rings. The van der Waals surface area contributed by atoms with Gasteiger partial charge in [0.05, 0.1) is 13.2 Å². The highest BCUT2D eigenvalue weighted by molar-refractivity contribution is 5.84. The number of benzene rings is 2. The molecule has 1 N–H and O–H groups in total. The summed E-state index contributed by atoms with van der Waals surface area (Å²) in [6.45, 7) is 2.14. The molecule has 1 aromatic heterocycles. The van der Waals surface area contributed by atoms with Gasteiger partial charge in [-0.3, -0.25) is 4.68 Å². The highest BCUT2D eigenvalue weighted by Gasteiger charge is 2.08. The van der Waals surface area contributed by atoms with E-state index in [1.54, 1.807) is 11.8 Å². The predicted octanol–water partition coefficient (Wildman–Crippen LogP) is 3.76. The van der Waals surface area contributed by atoms with Gasteiger partial charge in [-0.2, -0.15) is 5.10 Å². The lowest BCUT2D eigenvalue weighted by atomic mass is 10.0. The summed E-state index contributed by atoms with van der Waals surface area (Å²) in [4.78, 5) is 0. The molecule has 108 valence electrons. The second kappa shape index (κ2) is 5.48. The molecule has 2 aromatic carbocycles. The van der Waals surface area contributed by atoms with Crippen LogP contribution in [-0.2, 0) is 7.05 Å². The van der Waals surface area contributed by atoms with E-state index >= 15 is 0 Å². The van der Waals surface area contributed by atoms with Gasteiger partial charge in [-0.25, -0.2) is 0 Å². The molecule has 0 fully saturated rings. The largest absolute Gasteiger partial charge is 0.497 e. The maximum absolute atomic E-state index is 5.26. The van der Waals surface area contributed by atoms with Crippen molar-refractivity contribution in [3.63, 3.8) is 0 Å². The molecule has 0 bridgehead atoms. The lowest BCUT2D eigenvalue weighted by molar-refractivity contribution is 0.415. The third-order valence-electron chi connectivity index (χ3n) is 3.65. The van der Waals surface area contributed by atoms with Gasteiger partial charge in [-0.1, -0.05) is 18.2 Å². The Morgan fingerprint density at radius 3 is 2.57 bits per heavy atom. The summed E-state index contributed by atoms with van der Waals surface area (Å²) in [6, 6.07) is 14.8. The van der Waals surface area contributed by atoms with Crippen molar-refractivity contribution in [2.24, 2.45) is 7.05 Å². The Kier molecular flexibility index (Phi) is 3.52. The molecule has 0 aliphatic carbocycles. The number of aromatic nitrogens is 2. The average Bonchev–Trinajstić information content (AvgIpc) is 2.91. The molecule has 21 heavy (non-hydrogen) atoms. The molecule has 0 saturated heterocycles. The number of fused-ring (bicyclic) bond motifs is 1. The topological polar surface area (TPSA) is 39.1 Å². The molecule has 0 spiro atoms. The van der Waals surface area contributed by atoms with Crippen molar-refractivity contribution in [2.75, 3.05) is 12.4 Å². The van der Waals surface area contributed by atoms with Crippen molar-refractivity contribution in [1.29, 1.82) is 0 Å². The number of hydrogen-bond donors (Lipinski definition) is 1. The van der Waals surface area contributed by atoms with Crippen molar-refractivity contribution < 1.29 is 4.74 Å². The molecule has 4 heteroatoms. The van der Waals surface area contributed by atoms with E-state index in [-0.39, 0.29) is 6.04 Å². The average molecular weight is 281 g/mol. The van der Waals surface area contributed by atoms with Crippen molar-refractivity contribution in [1.82, 2.24) is 9.78 Å². The molecular formula is C17H19N3O. The van der Waals surface area contributed by atoms with E-state index in [4.69, 9.17) is 4.74 Å². The van der Waals surface area contributed by atoms with E-state index in [1.807, 2.05) is 25.4 Å². The summed E-state index contributed by atoms with van der Waals surface area (Å²) in [5, 5.41) is 10.2. The number of anilines is 1. The first-order valence-electron chi connectivity index (χ1n) is 6.99. The third-order valence-corrected chi connectivity index (χ3v) is 3.65. The second-order valence-corrected chi connectivity index (χ2v) is 5.21. The summed E-state index contributed by atoms with van der Waals surface area (Å²) in [7, 11) is 3.60. The Hall–Kier alpha value is -2.49. The first-order chi connectivity index (χ1) is 10.2. The molecule has 0 radical (unpaired) electrons. The maximum Gasteiger partial charge on any atom is 0.148 e. The zero-order valence-corrected chi connectivity index (χ0v) is 12.5. The third kappa shape index (κ3) is 2.84. The van der Waals surface area contributed by atoms with Gasteiger partial charge >= 0.3 is 0 Å². The van der Waals surface area contributed by atoms with Crippen LogP contribution in [0.25, 0.3) is 10.8 Å². The standard InChI is InChI=1S/C17H19N3O/c1-12(18-17-8-9-20(2)19-17)13-4-5-15-11-16(21-3)7-6-14(15)10-13/h4-12H,1-3H3,(H,18,19). The Morgan fingerprint density at radius 1 is 1.10 bits per heavy atom. The quantitative estimate of drug-likeness (QED) is 0.791. The lowest BCUT2D eigenvalue weighted by Gasteiger charge is -2.14. The zero-order chi connectivity index (χ0) is 14.8. The van der Waals surface area contributed by atoms with E-state index in [9.17, 15) is 0 Å². The van der Waals surface area contributed by atoms with E-state index in [0.29, 0.717) is 0 Å². The van der Waals surface area contributed by atoms with Crippen molar-refractivity contribution in [3.8, 4) is 5.75 Å². The van der Waals surface area contributed by atoms with Crippen LogP contribution in [0.15, 0.2) is 48.7 Å². The van der Waals surface area contributed by atoms with Gasteiger partial charge in [0.25, 0.3) is 0 Å². The van der Waals surface area contributed by atoms with Crippen LogP contribution in [0.5, 0.6) is 5.75 Å². The molecule has 1 atom stereocenters. The number of hydrogen-bond acceptors (Lipinski definition) is 3. The van der Waals surface area contributed by atoms with Crippen molar-refractivity contribution in [3.05, 3.63) is 54.2 Å². The van der Waals surface area contributed by atoms with Crippen LogP contribution in [0.2, 0.25) is 0 Å². The van der Waals surface area contributed by atoms with Gasteiger partial charge in [0.15, 0.2) is 0 Å². The molecule has 3 rings (SSSR count). The van der Waals surface area contributed by atoms with Gasteiger partial charge < -0.3 is 10.1 Å². The van der Waals surface area contributed by atoms with E-state index in [2.05, 4.69) is 47.7 Å². The maximum atomic E-state index is 5.26. The summed E-state index contributed by atoms with van der Waals surface area (Å²) in [6.07, 6.45) is 1.93. The van der Waals surface area contributed by atoms with Gasteiger partial charge in [0.1, 0.15) is 11.6 Å². The smallest absolute Gasteiger partial charge is 0.148 e. The Labute approximate surface area is 124 Å². The molecule has 0 amide bonds. The van der Waals surface area contributed by atoms with E-state index in [0.717, 1.165) is 11.6 Å². The second-order valence-electron chi connectivity index (χ2n) is 5.21. The summed E-state index contributed by atoms with van der Waals surface area (Å²) in [5.74, 6) is 1.77. The van der Waals surface area contributed by atoms with Crippen LogP contribution in [0.1, 0.15) is 18.5 Å². The number of rotatable bonds is 4. The summed E-state index contributed by atoms with van der Waals surface area (Å²) >= 11 is 0. The van der Waals surface area contributed by atoms with Gasteiger partial charge in [-0.15, -0.1) is 0 Å². The molecule has 1 unspecified atom stereocenters. The summed E-state index contributed by atoms with van der Waals surface area (Å²) < 4.78 is 7.05. The van der Waals surface area contributed by atoms with Crippen LogP contribution in [0.4, 0.5) is 5.82 Å². The van der Waals surface area contributed by atoms with Crippen molar-refractivity contribution >= 4 is 16.6 Å². The van der Waals surface area contributed by atoms with Gasteiger partial charge in [0, 0.05) is 19.3 Å². The van der Waals surface area contributed by atoms with E-state index < -0.39 is 0 Å². The van der Waals surface area contributed by atoms with Gasteiger partial charge in [-0.05, 0) is 41.5 Å². The lowest BCUT2D eigenvalue weighted by Crippen LogP contribution is -2.07. The molecular weight excluding hydrogens is 262 g/mol. The molecule has 0 aliphatic heterocycles.